The van der Waals surface area contributed by atoms with Gasteiger partial charge in [-0.2, -0.15) is 0 Å². The summed E-state index contributed by atoms with van der Waals surface area (Å²) in [6.45, 7) is 1.37. The van der Waals surface area contributed by atoms with E-state index in [0.717, 1.165) is 18.3 Å². The molecule has 2 N–H and O–H groups in total. The monoisotopic (exact) mass is 377 g/mol. The first-order valence-electron chi connectivity index (χ1n) is 6.52. The zero-order valence-corrected chi connectivity index (χ0v) is 13.4. The van der Waals surface area contributed by atoms with E-state index in [1.807, 2.05) is 16.6 Å². The Bertz CT molecular complexity index is 450. The van der Waals surface area contributed by atoms with E-state index in [0.29, 0.717) is 18.5 Å². The molecule has 0 unspecified atom stereocenters. The van der Waals surface area contributed by atoms with Gasteiger partial charge in [0.15, 0.2) is 11.8 Å². The molecule has 7 nitrogen and oxygen atoms in total. The lowest BCUT2D eigenvalue weighted by Crippen LogP contribution is -2.35. The minimum atomic E-state index is 0. The van der Waals surface area contributed by atoms with Crippen molar-refractivity contribution >= 4 is 29.9 Å². The molecule has 106 valence electrons. The van der Waals surface area contributed by atoms with Crippen LogP contribution in [-0.4, -0.2) is 44.2 Å². The highest BCUT2D eigenvalue weighted by molar-refractivity contribution is 14.0. The molecule has 0 saturated heterocycles. The maximum atomic E-state index is 5.94. The molecule has 8 heteroatoms. The second kappa shape index (κ2) is 6.02. The minimum Gasteiger partial charge on any atom is -0.370 e. The molecule has 1 heterocycles. The first-order valence-corrected chi connectivity index (χ1v) is 6.52. The quantitative estimate of drug-likeness (QED) is 0.462. The Morgan fingerprint density at radius 3 is 2.79 bits per heavy atom. The van der Waals surface area contributed by atoms with Gasteiger partial charge in [-0.25, -0.2) is 9.67 Å². The molecule has 0 bridgehead atoms. The molecule has 1 aromatic rings. The van der Waals surface area contributed by atoms with Crippen LogP contribution in [0.25, 0.3) is 0 Å². The van der Waals surface area contributed by atoms with Crippen LogP contribution in [-0.2, 0) is 13.1 Å². The van der Waals surface area contributed by atoms with Crippen molar-refractivity contribution in [2.45, 2.75) is 44.8 Å². The van der Waals surface area contributed by atoms with E-state index < -0.39 is 0 Å². The van der Waals surface area contributed by atoms with Gasteiger partial charge in [0.2, 0.25) is 0 Å². The summed E-state index contributed by atoms with van der Waals surface area (Å²) in [5.41, 5.74) is 5.94. The summed E-state index contributed by atoms with van der Waals surface area (Å²) < 4.78 is 1.85. The molecule has 0 atom stereocenters. The van der Waals surface area contributed by atoms with Gasteiger partial charge in [-0.05, 0) is 42.0 Å². The van der Waals surface area contributed by atoms with Crippen molar-refractivity contribution < 1.29 is 0 Å². The molecular weight excluding hydrogens is 357 g/mol. The third kappa shape index (κ3) is 3.77. The van der Waals surface area contributed by atoms with Crippen LogP contribution in [0.4, 0.5) is 0 Å². The van der Waals surface area contributed by atoms with Gasteiger partial charge in [0.1, 0.15) is 6.54 Å². The number of tetrazole rings is 1. The number of aromatic nitrogens is 4. The fourth-order valence-electron chi connectivity index (χ4n) is 1.94. The summed E-state index contributed by atoms with van der Waals surface area (Å²) in [5, 5.41) is 11.7. The van der Waals surface area contributed by atoms with E-state index in [-0.39, 0.29) is 24.0 Å². The molecule has 2 aliphatic carbocycles. The maximum Gasteiger partial charge on any atom is 0.191 e. The maximum absolute atomic E-state index is 5.94. The Hall–Kier alpha value is -0.930. The SMILES string of the molecule is CN(C(N)=NCc1nnnn1CC1CC1)C1CC1.I. The Morgan fingerprint density at radius 2 is 2.16 bits per heavy atom. The minimum absolute atomic E-state index is 0. The number of aliphatic imine (C=N–C) groups is 1. The van der Waals surface area contributed by atoms with Crippen LogP contribution in [0.15, 0.2) is 4.99 Å². The summed E-state index contributed by atoms with van der Waals surface area (Å²) in [4.78, 5) is 6.41. The summed E-state index contributed by atoms with van der Waals surface area (Å²) in [6.07, 6.45) is 5.00. The van der Waals surface area contributed by atoms with Gasteiger partial charge in [-0.15, -0.1) is 29.1 Å². The standard InChI is InChI=1S/C11H19N7.HI/c1-17(9-4-5-9)11(12)13-6-10-14-15-16-18(10)7-8-2-3-8;/h8-9H,2-7H2,1H3,(H2,12,13);1H. The second-order valence-electron chi connectivity index (χ2n) is 5.24. The molecule has 1 aromatic heterocycles. The van der Waals surface area contributed by atoms with Crippen LogP contribution in [0.2, 0.25) is 0 Å². The third-order valence-corrected chi connectivity index (χ3v) is 3.57. The van der Waals surface area contributed by atoms with Crippen LogP contribution in [0.1, 0.15) is 31.5 Å². The Labute approximate surface area is 129 Å². The van der Waals surface area contributed by atoms with Crippen molar-refractivity contribution in [1.82, 2.24) is 25.1 Å². The van der Waals surface area contributed by atoms with E-state index >= 15 is 0 Å². The molecule has 2 fully saturated rings. The van der Waals surface area contributed by atoms with Crippen molar-refractivity contribution in [2.24, 2.45) is 16.6 Å². The number of guanidine groups is 1. The highest BCUT2D eigenvalue weighted by Crippen LogP contribution is 2.30. The molecule has 3 rings (SSSR count). The number of rotatable bonds is 5. The van der Waals surface area contributed by atoms with Gasteiger partial charge < -0.3 is 10.6 Å². The summed E-state index contributed by atoms with van der Waals surface area (Å²) in [6, 6.07) is 0.580. The Morgan fingerprint density at radius 1 is 1.42 bits per heavy atom. The lowest BCUT2D eigenvalue weighted by Gasteiger charge is -2.16. The number of nitrogens with zero attached hydrogens (tertiary/aromatic N) is 6. The highest BCUT2D eigenvalue weighted by atomic mass is 127. The average Bonchev–Trinajstić information content (AvgIpc) is 3.25. The number of hydrogen-bond donors (Lipinski definition) is 1. The van der Waals surface area contributed by atoms with Gasteiger partial charge in [-0.3, -0.25) is 0 Å². The topological polar surface area (TPSA) is 85.2 Å². The molecule has 0 radical (unpaired) electrons. The van der Waals surface area contributed by atoms with E-state index in [1.165, 1.54) is 25.7 Å². The molecule has 19 heavy (non-hydrogen) atoms. The van der Waals surface area contributed by atoms with Crippen molar-refractivity contribution in [3.8, 4) is 0 Å². The van der Waals surface area contributed by atoms with Crippen molar-refractivity contribution in [3.05, 3.63) is 5.82 Å². The molecule has 0 aliphatic heterocycles. The Kier molecular flexibility index (Phi) is 4.58. The molecule has 2 saturated carbocycles. The molecule has 0 spiro atoms. The van der Waals surface area contributed by atoms with Crippen molar-refractivity contribution in [1.29, 1.82) is 0 Å². The summed E-state index contributed by atoms with van der Waals surface area (Å²) in [7, 11) is 1.99. The molecule has 0 amide bonds. The van der Waals surface area contributed by atoms with Crippen LogP contribution in [0.3, 0.4) is 0 Å². The van der Waals surface area contributed by atoms with Gasteiger partial charge in [0, 0.05) is 19.6 Å². The van der Waals surface area contributed by atoms with Crippen LogP contribution in [0, 0.1) is 5.92 Å². The van der Waals surface area contributed by atoms with Gasteiger partial charge >= 0.3 is 0 Å². The zero-order chi connectivity index (χ0) is 12.5. The van der Waals surface area contributed by atoms with E-state index in [4.69, 9.17) is 5.73 Å². The summed E-state index contributed by atoms with van der Waals surface area (Å²) in [5.74, 6) is 2.13. The smallest absolute Gasteiger partial charge is 0.191 e. The average molecular weight is 377 g/mol. The highest BCUT2D eigenvalue weighted by Gasteiger charge is 2.27. The number of halogens is 1. The Balaban J connectivity index is 0.00000133. The molecule has 0 aromatic carbocycles. The third-order valence-electron chi connectivity index (χ3n) is 3.57. The van der Waals surface area contributed by atoms with Crippen molar-refractivity contribution in [2.75, 3.05) is 7.05 Å². The van der Waals surface area contributed by atoms with Gasteiger partial charge in [-0.1, -0.05) is 0 Å². The fourth-order valence-corrected chi connectivity index (χ4v) is 1.94. The van der Waals surface area contributed by atoms with E-state index in [2.05, 4.69) is 20.5 Å². The van der Waals surface area contributed by atoms with Gasteiger partial charge in [0.05, 0.1) is 0 Å². The van der Waals surface area contributed by atoms with Crippen LogP contribution < -0.4 is 5.73 Å². The van der Waals surface area contributed by atoms with Crippen LogP contribution >= 0.6 is 24.0 Å². The first-order chi connectivity index (χ1) is 8.74. The predicted octanol–water partition coefficient (Wildman–Crippen LogP) is 0.610. The van der Waals surface area contributed by atoms with E-state index in [9.17, 15) is 0 Å². The van der Waals surface area contributed by atoms with Crippen molar-refractivity contribution in [3.63, 3.8) is 0 Å². The number of nitrogens with two attached hydrogens (primary N) is 1. The van der Waals surface area contributed by atoms with Gasteiger partial charge in [0.25, 0.3) is 0 Å². The van der Waals surface area contributed by atoms with E-state index in [1.54, 1.807) is 0 Å². The largest absolute Gasteiger partial charge is 0.370 e. The second-order valence-corrected chi connectivity index (χ2v) is 5.24. The normalized spacial score (nSPS) is 19.1. The lowest BCUT2D eigenvalue weighted by atomic mass is 10.4. The fraction of sp³-hybridized carbons (Fsp3) is 0.818. The van der Waals surface area contributed by atoms with Crippen LogP contribution in [0.5, 0.6) is 0 Å². The lowest BCUT2D eigenvalue weighted by molar-refractivity contribution is 0.484. The summed E-state index contributed by atoms with van der Waals surface area (Å²) >= 11 is 0. The molecular formula is C11H20IN7. The zero-order valence-electron chi connectivity index (χ0n) is 11.1. The first kappa shape index (κ1) is 14.5. The predicted molar refractivity (Wildman–Crippen MR) is 82.1 cm³/mol. The number of hydrogen-bond acceptors (Lipinski definition) is 4. The molecule has 2 aliphatic rings.